The van der Waals surface area contributed by atoms with E-state index < -0.39 is 0 Å². The highest BCUT2D eigenvalue weighted by Crippen LogP contribution is 2.42. The second-order valence-electron chi connectivity index (χ2n) is 3.60. The molecule has 5 heteroatoms. The van der Waals surface area contributed by atoms with E-state index in [9.17, 15) is 4.39 Å². The maximum absolute atomic E-state index is 13.8. The first kappa shape index (κ1) is 13.3. The molecule has 0 saturated heterocycles. The highest BCUT2D eigenvalue weighted by Gasteiger charge is 2.20. The molecule has 0 bridgehead atoms. The van der Waals surface area contributed by atoms with Crippen LogP contribution in [0, 0.1) is 12.7 Å². The Balaban J connectivity index is 2.47. The Bertz CT molecular complexity index is 514. The second kappa shape index (κ2) is 5.27. The maximum atomic E-state index is 13.8. The summed E-state index contributed by atoms with van der Waals surface area (Å²) in [6.45, 7) is 1.92. The zero-order chi connectivity index (χ0) is 12.6. The molecule has 1 aromatic carbocycles. The third kappa shape index (κ3) is 2.68. The van der Waals surface area contributed by atoms with Crippen LogP contribution in [0.1, 0.15) is 20.8 Å². The highest BCUT2D eigenvalue weighted by molar-refractivity contribution is 9.09. The molecule has 1 unspecified atom stereocenters. The molecule has 0 fully saturated rings. The van der Waals surface area contributed by atoms with Crippen molar-refractivity contribution in [2.24, 2.45) is 0 Å². The molecular formula is C12H8BrCl2FS. The van der Waals surface area contributed by atoms with Crippen LogP contribution in [0.2, 0.25) is 9.36 Å². The molecule has 0 saturated carbocycles. The molecule has 0 N–H and O–H groups in total. The van der Waals surface area contributed by atoms with Gasteiger partial charge in [0.25, 0.3) is 0 Å². The van der Waals surface area contributed by atoms with E-state index in [2.05, 4.69) is 15.9 Å². The van der Waals surface area contributed by atoms with E-state index in [0.717, 1.165) is 14.8 Å². The Labute approximate surface area is 121 Å². The van der Waals surface area contributed by atoms with Gasteiger partial charge in [0.05, 0.1) is 9.16 Å². The van der Waals surface area contributed by atoms with Crippen molar-refractivity contribution >= 4 is 50.5 Å². The Morgan fingerprint density at radius 2 is 2.06 bits per heavy atom. The maximum Gasteiger partial charge on any atom is 0.129 e. The largest absolute Gasteiger partial charge is 0.207 e. The summed E-state index contributed by atoms with van der Waals surface area (Å²) in [5, 5.41) is 0.411. The molecule has 1 heterocycles. The number of alkyl halides is 1. The molecule has 0 amide bonds. The van der Waals surface area contributed by atoms with Crippen molar-refractivity contribution in [3.05, 3.63) is 55.4 Å². The summed E-state index contributed by atoms with van der Waals surface area (Å²) in [6.07, 6.45) is 0. The second-order valence-corrected chi connectivity index (χ2v) is 6.61. The van der Waals surface area contributed by atoms with Crippen LogP contribution in [0.15, 0.2) is 24.3 Å². The SMILES string of the molecule is Cc1cc(C(Br)c2c(F)cccc2Cl)sc1Cl. The lowest BCUT2D eigenvalue weighted by Crippen LogP contribution is -1.95. The first-order valence-electron chi connectivity index (χ1n) is 4.84. The van der Waals surface area contributed by atoms with E-state index in [4.69, 9.17) is 23.2 Å². The predicted molar refractivity (Wildman–Crippen MR) is 76.2 cm³/mol. The number of thiophene rings is 1. The van der Waals surface area contributed by atoms with Gasteiger partial charge in [-0.05, 0) is 30.7 Å². The first-order chi connectivity index (χ1) is 8.00. The van der Waals surface area contributed by atoms with Gasteiger partial charge in [0.1, 0.15) is 5.82 Å². The fourth-order valence-corrected chi connectivity index (χ4v) is 3.99. The lowest BCUT2D eigenvalue weighted by molar-refractivity contribution is 0.614. The summed E-state index contributed by atoms with van der Waals surface area (Å²) in [4.78, 5) is 0.673. The molecule has 0 aliphatic heterocycles. The van der Waals surface area contributed by atoms with Gasteiger partial charge in [0.2, 0.25) is 0 Å². The van der Waals surface area contributed by atoms with Crippen LogP contribution in [-0.4, -0.2) is 0 Å². The smallest absolute Gasteiger partial charge is 0.129 e. The van der Waals surface area contributed by atoms with E-state index in [1.165, 1.54) is 17.4 Å². The number of hydrogen-bond acceptors (Lipinski definition) is 1. The third-order valence-corrected chi connectivity index (χ3v) is 5.58. The Morgan fingerprint density at radius 1 is 1.35 bits per heavy atom. The van der Waals surface area contributed by atoms with Gasteiger partial charge in [0.15, 0.2) is 0 Å². The minimum absolute atomic E-state index is 0.271. The van der Waals surface area contributed by atoms with E-state index in [0.29, 0.717) is 10.6 Å². The Kier molecular flexibility index (Phi) is 4.14. The highest BCUT2D eigenvalue weighted by atomic mass is 79.9. The lowest BCUT2D eigenvalue weighted by atomic mass is 10.1. The molecule has 2 rings (SSSR count). The van der Waals surface area contributed by atoms with Crippen LogP contribution < -0.4 is 0 Å². The summed E-state index contributed by atoms with van der Waals surface area (Å²) in [5.41, 5.74) is 1.44. The van der Waals surface area contributed by atoms with Crippen molar-refractivity contribution in [2.45, 2.75) is 11.8 Å². The standard InChI is InChI=1S/C12H8BrCl2FS/c1-6-5-9(17-12(6)15)11(13)10-7(14)3-2-4-8(10)16/h2-5,11H,1H3. The molecule has 0 spiro atoms. The van der Waals surface area contributed by atoms with Crippen molar-refractivity contribution < 1.29 is 4.39 Å². The van der Waals surface area contributed by atoms with Gasteiger partial charge < -0.3 is 0 Å². The zero-order valence-electron chi connectivity index (χ0n) is 8.81. The van der Waals surface area contributed by atoms with Gasteiger partial charge in [-0.25, -0.2) is 4.39 Å². The van der Waals surface area contributed by atoms with Crippen LogP contribution in [-0.2, 0) is 0 Å². The van der Waals surface area contributed by atoms with Gasteiger partial charge in [-0.15, -0.1) is 11.3 Å². The number of halogens is 4. The van der Waals surface area contributed by atoms with Crippen LogP contribution in [0.4, 0.5) is 4.39 Å². The van der Waals surface area contributed by atoms with Crippen LogP contribution in [0.25, 0.3) is 0 Å². The number of rotatable bonds is 2. The first-order valence-corrected chi connectivity index (χ1v) is 7.33. The van der Waals surface area contributed by atoms with Gasteiger partial charge in [0, 0.05) is 15.5 Å². The number of aryl methyl sites for hydroxylation is 1. The average Bonchev–Trinajstić information content (AvgIpc) is 2.59. The van der Waals surface area contributed by atoms with Crippen LogP contribution >= 0.6 is 50.5 Å². The topological polar surface area (TPSA) is 0 Å². The van der Waals surface area contributed by atoms with Gasteiger partial charge in [-0.2, -0.15) is 0 Å². The lowest BCUT2D eigenvalue weighted by Gasteiger charge is -2.11. The summed E-state index contributed by atoms with van der Waals surface area (Å²) in [6, 6.07) is 6.61. The molecule has 90 valence electrons. The molecule has 1 atom stereocenters. The van der Waals surface area contributed by atoms with E-state index in [1.807, 2.05) is 13.0 Å². The molecule has 0 aliphatic carbocycles. The summed E-state index contributed by atoms with van der Waals surface area (Å²) in [5.74, 6) is -0.318. The molecule has 0 radical (unpaired) electrons. The van der Waals surface area contributed by atoms with Crippen molar-refractivity contribution in [1.29, 1.82) is 0 Å². The monoisotopic (exact) mass is 352 g/mol. The zero-order valence-corrected chi connectivity index (χ0v) is 12.7. The normalized spacial score (nSPS) is 12.8. The quantitative estimate of drug-likeness (QED) is 0.582. The van der Waals surface area contributed by atoms with Crippen molar-refractivity contribution in [3.8, 4) is 0 Å². The molecule has 0 aliphatic rings. The average molecular weight is 354 g/mol. The fraction of sp³-hybridized carbons (Fsp3) is 0.167. The number of hydrogen-bond donors (Lipinski definition) is 0. The van der Waals surface area contributed by atoms with E-state index in [-0.39, 0.29) is 10.6 Å². The molecule has 2 aromatic rings. The number of benzene rings is 1. The Hall–Kier alpha value is -0.0900. The van der Waals surface area contributed by atoms with Gasteiger partial charge in [-0.1, -0.05) is 45.2 Å². The van der Waals surface area contributed by atoms with Crippen molar-refractivity contribution in [1.82, 2.24) is 0 Å². The minimum Gasteiger partial charge on any atom is -0.207 e. The molecule has 1 aromatic heterocycles. The fourth-order valence-electron chi connectivity index (χ4n) is 1.50. The van der Waals surface area contributed by atoms with Crippen LogP contribution in [0.5, 0.6) is 0 Å². The summed E-state index contributed by atoms with van der Waals surface area (Å²) in [7, 11) is 0. The molecular weight excluding hydrogens is 346 g/mol. The third-order valence-electron chi connectivity index (χ3n) is 2.38. The molecule has 17 heavy (non-hydrogen) atoms. The van der Waals surface area contributed by atoms with Crippen molar-refractivity contribution in [3.63, 3.8) is 0 Å². The minimum atomic E-state index is -0.318. The van der Waals surface area contributed by atoms with E-state index >= 15 is 0 Å². The van der Waals surface area contributed by atoms with Gasteiger partial charge >= 0.3 is 0 Å². The summed E-state index contributed by atoms with van der Waals surface area (Å²) < 4.78 is 14.5. The van der Waals surface area contributed by atoms with Gasteiger partial charge in [-0.3, -0.25) is 0 Å². The van der Waals surface area contributed by atoms with Crippen molar-refractivity contribution in [2.75, 3.05) is 0 Å². The van der Waals surface area contributed by atoms with Crippen LogP contribution in [0.3, 0.4) is 0 Å². The predicted octanol–water partition coefficient (Wildman–Crippen LogP) is 5.99. The summed E-state index contributed by atoms with van der Waals surface area (Å²) >= 11 is 16.9. The Morgan fingerprint density at radius 3 is 2.59 bits per heavy atom. The van der Waals surface area contributed by atoms with E-state index in [1.54, 1.807) is 12.1 Å². The molecule has 0 nitrogen and oxygen atoms in total.